The van der Waals surface area contributed by atoms with Gasteiger partial charge in [-0.3, -0.25) is 9.59 Å². The van der Waals surface area contributed by atoms with Crippen LogP contribution in [0.3, 0.4) is 0 Å². The molecule has 38 heavy (non-hydrogen) atoms. The van der Waals surface area contributed by atoms with E-state index in [0.717, 1.165) is 5.56 Å². The molecule has 0 bridgehead atoms. The fourth-order valence-electron chi connectivity index (χ4n) is 4.60. The third-order valence-corrected chi connectivity index (χ3v) is 6.87. The van der Waals surface area contributed by atoms with E-state index in [4.69, 9.17) is 4.74 Å². The van der Waals surface area contributed by atoms with E-state index in [2.05, 4.69) is 20.9 Å². The molecule has 3 unspecified atom stereocenters. The van der Waals surface area contributed by atoms with E-state index >= 15 is 0 Å². The van der Waals surface area contributed by atoms with Gasteiger partial charge in [0.2, 0.25) is 11.8 Å². The predicted molar refractivity (Wildman–Crippen MR) is 136 cm³/mol. The highest BCUT2D eigenvalue weighted by Gasteiger charge is 2.51. The fraction of sp³-hybridized carbons (Fsp3) is 0.423. The number of carboxylic acids is 1. The molecule has 1 aromatic heterocycles. The first-order valence-corrected chi connectivity index (χ1v) is 12.4. The van der Waals surface area contributed by atoms with Crippen molar-refractivity contribution in [3.63, 3.8) is 0 Å². The van der Waals surface area contributed by atoms with Crippen LogP contribution in [0.2, 0.25) is 0 Å². The third-order valence-electron chi connectivity index (χ3n) is 6.87. The van der Waals surface area contributed by atoms with Gasteiger partial charge in [-0.25, -0.2) is 14.6 Å². The van der Waals surface area contributed by atoms with Crippen LogP contribution in [0.4, 0.5) is 10.6 Å². The molecule has 2 aliphatic rings. The van der Waals surface area contributed by atoms with Gasteiger partial charge in [-0.05, 0) is 37.0 Å². The van der Waals surface area contributed by atoms with Gasteiger partial charge >= 0.3 is 12.1 Å². The minimum atomic E-state index is -1.30. The number of carboxylic acid groups (broad SMARTS) is 2. The average molecular weight is 526 g/mol. The summed E-state index contributed by atoms with van der Waals surface area (Å²) in [4.78, 5) is 54.0. The van der Waals surface area contributed by atoms with Crippen LogP contribution in [0.5, 0.6) is 0 Å². The van der Waals surface area contributed by atoms with E-state index in [1.54, 1.807) is 18.3 Å². The zero-order valence-electron chi connectivity index (χ0n) is 20.7. The molecular weight excluding hydrogens is 494 g/mol. The van der Waals surface area contributed by atoms with Crippen molar-refractivity contribution in [2.45, 2.75) is 42.9 Å². The molecule has 12 nitrogen and oxygen atoms in total. The molecule has 3 amide bonds. The number of pyridine rings is 1. The zero-order chi connectivity index (χ0) is 27.1. The van der Waals surface area contributed by atoms with Crippen molar-refractivity contribution in [2.75, 3.05) is 31.6 Å². The maximum absolute atomic E-state index is 12.9. The Morgan fingerprint density at radius 2 is 1.82 bits per heavy atom. The van der Waals surface area contributed by atoms with Crippen molar-refractivity contribution in [1.29, 1.82) is 0 Å². The van der Waals surface area contributed by atoms with Gasteiger partial charge < -0.3 is 35.8 Å². The number of nitrogens with zero attached hydrogens (tertiary/aromatic N) is 2. The molecule has 12 heteroatoms. The second kappa shape index (κ2) is 11.9. The lowest BCUT2D eigenvalue weighted by Crippen LogP contribution is -2.51. The number of nitrogens with one attached hydrogen (secondary N) is 3. The summed E-state index contributed by atoms with van der Waals surface area (Å²) >= 11 is 0. The lowest BCUT2D eigenvalue weighted by atomic mass is 9.94. The summed E-state index contributed by atoms with van der Waals surface area (Å²) in [5, 5.41) is 27.2. The fourth-order valence-corrected chi connectivity index (χ4v) is 4.60. The van der Waals surface area contributed by atoms with Crippen molar-refractivity contribution >= 4 is 29.7 Å². The third kappa shape index (κ3) is 6.57. The Bertz CT molecular complexity index is 1140. The minimum absolute atomic E-state index is 0.104. The van der Waals surface area contributed by atoms with Crippen molar-refractivity contribution in [3.8, 4) is 0 Å². The molecule has 1 aromatic carbocycles. The van der Waals surface area contributed by atoms with Gasteiger partial charge in [0.1, 0.15) is 18.5 Å². The first-order chi connectivity index (χ1) is 18.3. The SMILES string of the molecule is O=C(COC1CC(CNc2ccccn2)N(C(=O)O)C1)NCC(NC(=O)C1(c2ccccc2)CC1)C(=O)O. The lowest BCUT2D eigenvalue weighted by molar-refractivity contribution is -0.142. The van der Waals surface area contributed by atoms with Crippen LogP contribution in [0, 0.1) is 0 Å². The van der Waals surface area contributed by atoms with E-state index in [-0.39, 0.29) is 31.6 Å². The smallest absolute Gasteiger partial charge is 0.407 e. The number of hydrogen-bond donors (Lipinski definition) is 5. The molecule has 0 spiro atoms. The summed E-state index contributed by atoms with van der Waals surface area (Å²) in [5.41, 5.74) is 0.0994. The number of aromatic nitrogens is 1. The van der Waals surface area contributed by atoms with E-state index < -0.39 is 35.5 Å². The Morgan fingerprint density at radius 3 is 2.45 bits per heavy atom. The number of carbonyl (C=O) groups is 4. The van der Waals surface area contributed by atoms with E-state index in [1.807, 2.05) is 36.4 Å². The van der Waals surface area contributed by atoms with Crippen molar-refractivity contribution < 1.29 is 34.1 Å². The number of anilines is 1. The number of benzene rings is 1. The van der Waals surface area contributed by atoms with Gasteiger partial charge in [-0.2, -0.15) is 0 Å². The van der Waals surface area contributed by atoms with E-state index in [9.17, 15) is 29.4 Å². The normalized spacial score (nSPS) is 20.3. The van der Waals surface area contributed by atoms with Gasteiger partial charge in [-0.15, -0.1) is 0 Å². The molecule has 3 atom stereocenters. The van der Waals surface area contributed by atoms with Crippen molar-refractivity contribution in [2.24, 2.45) is 0 Å². The minimum Gasteiger partial charge on any atom is -0.480 e. The summed E-state index contributed by atoms with van der Waals surface area (Å²) in [6, 6.07) is 12.9. The highest BCUT2D eigenvalue weighted by molar-refractivity contribution is 5.94. The molecular formula is C26H31N5O7. The van der Waals surface area contributed by atoms with Crippen LogP contribution in [0.15, 0.2) is 54.7 Å². The number of likely N-dealkylation sites (tertiary alicyclic amines) is 1. The molecule has 4 rings (SSSR count). The number of carbonyl (C=O) groups excluding carboxylic acids is 2. The summed E-state index contributed by atoms with van der Waals surface area (Å²) in [5.74, 6) is -1.59. The van der Waals surface area contributed by atoms with Crippen molar-refractivity contribution in [3.05, 3.63) is 60.3 Å². The molecule has 0 radical (unpaired) electrons. The summed E-state index contributed by atoms with van der Waals surface area (Å²) in [7, 11) is 0. The monoisotopic (exact) mass is 525 g/mol. The second-order valence-corrected chi connectivity index (χ2v) is 9.47. The van der Waals surface area contributed by atoms with Crippen LogP contribution >= 0.6 is 0 Å². The van der Waals surface area contributed by atoms with Crippen LogP contribution < -0.4 is 16.0 Å². The topological polar surface area (TPSA) is 170 Å². The van der Waals surface area contributed by atoms with Crippen LogP contribution in [0.1, 0.15) is 24.8 Å². The highest BCUT2D eigenvalue weighted by atomic mass is 16.5. The molecule has 1 aliphatic heterocycles. The molecule has 1 saturated heterocycles. The predicted octanol–water partition coefficient (Wildman–Crippen LogP) is 1.05. The number of aliphatic carboxylic acids is 1. The molecule has 1 saturated carbocycles. The van der Waals surface area contributed by atoms with Gasteiger partial charge in [-0.1, -0.05) is 36.4 Å². The van der Waals surface area contributed by atoms with E-state index in [0.29, 0.717) is 31.6 Å². The van der Waals surface area contributed by atoms with Gasteiger partial charge in [0, 0.05) is 19.3 Å². The number of hydrogen-bond acceptors (Lipinski definition) is 7. The Kier molecular flexibility index (Phi) is 8.41. The maximum Gasteiger partial charge on any atom is 0.407 e. The Morgan fingerprint density at radius 1 is 1.08 bits per heavy atom. The summed E-state index contributed by atoms with van der Waals surface area (Å²) in [6.45, 7) is -0.240. The Balaban J connectivity index is 1.23. The van der Waals surface area contributed by atoms with Crippen LogP contribution in [-0.2, 0) is 24.5 Å². The zero-order valence-corrected chi connectivity index (χ0v) is 20.7. The molecule has 5 N–H and O–H groups in total. The molecule has 2 fully saturated rings. The first kappa shape index (κ1) is 26.9. The second-order valence-electron chi connectivity index (χ2n) is 9.47. The van der Waals surface area contributed by atoms with Crippen molar-refractivity contribution in [1.82, 2.24) is 20.5 Å². The number of rotatable bonds is 12. The molecule has 202 valence electrons. The average Bonchev–Trinajstić information content (AvgIpc) is 3.63. The quantitative estimate of drug-likeness (QED) is 0.272. The largest absolute Gasteiger partial charge is 0.480 e. The summed E-state index contributed by atoms with van der Waals surface area (Å²) < 4.78 is 5.63. The number of amides is 3. The van der Waals surface area contributed by atoms with Crippen LogP contribution in [-0.4, -0.2) is 88.4 Å². The standard InChI is InChI=1S/C26H31N5O7/c32-22(16-38-19-12-18(31(15-19)25(36)37)13-28-21-8-4-5-11-27-21)29-14-20(23(33)34)30-24(35)26(9-10-26)17-6-2-1-3-7-17/h1-8,11,18-20H,9-10,12-16H2,(H,27,28)(H,29,32)(H,30,35)(H,33,34)(H,36,37). The molecule has 2 heterocycles. The first-order valence-electron chi connectivity index (χ1n) is 12.4. The Hall–Kier alpha value is -4.19. The molecule has 1 aliphatic carbocycles. The lowest BCUT2D eigenvalue weighted by Gasteiger charge is -2.21. The highest BCUT2D eigenvalue weighted by Crippen LogP contribution is 2.48. The molecule has 2 aromatic rings. The van der Waals surface area contributed by atoms with Crippen LogP contribution in [0.25, 0.3) is 0 Å². The van der Waals surface area contributed by atoms with E-state index in [1.165, 1.54) is 4.90 Å². The summed E-state index contributed by atoms with van der Waals surface area (Å²) in [6.07, 6.45) is 1.68. The van der Waals surface area contributed by atoms with Gasteiger partial charge in [0.15, 0.2) is 0 Å². The van der Waals surface area contributed by atoms with Gasteiger partial charge in [0.25, 0.3) is 0 Å². The van der Waals surface area contributed by atoms with Gasteiger partial charge in [0.05, 0.1) is 24.1 Å². The number of ether oxygens (including phenoxy) is 1. The maximum atomic E-state index is 12.9. The Labute approximate surface area is 219 Å².